The molecule has 2 aliphatic rings. The molecule has 3 heterocycles. The molecular weight excluding hydrogens is 394 g/mol. The number of rotatable bonds is 5. The van der Waals surface area contributed by atoms with E-state index >= 15 is 0 Å². The summed E-state index contributed by atoms with van der Waals surface area (Å²) in [6.45, 7) is 4.03. The summed E-state index contributed by atoms with van der Waals surface area (Å²) in [6.07, 6.45) is 7.84. The van der Waals surface area contributed by atoms with Gasteiger partial charge in [0, 0.05) is 34.1 Å². The monoisotopic (exact) mass is 419 g/mol. The van der Waals surface area contributed by atoms with Gasteiger partial charge in [-0.15, -0.1) is 0 Å². The molecular formula is C24H25N3O2S. The summed E-state index contributed by atoms with van der Waals surface area (Å²) in [5.74, 6) is 0.798. The highest BCUT2D eigenvalue weighted by Crippen LogP contribution is 2.39. The predicted octanol–water partition coefficient (Wildman–Crippen LogP) is 5.12. The number of amides is 1. The smallest absolute Gasteiger partial charge is 0.262 e. The summed E-state index contributed by atoms with van der Waals surface area (Å²) in [4.78, 5) is 20.1. The lowest BCUT2D eigenvalue weighted by molar-refractivity contribution is -0.112. The van der Waals surface area contributed by atoms with Gasteiger partial charge in [0.15, 0.2) is 0 Å². The fourth-order valence-corrected chi connectivity index (χ4v) is 4.99. The van der Waals surface area contributed by atoms with Crippen molar-refractivity contribution < 1.29 is 9.53 Å². The summed E-state index contributed by atoms with van der Waals surface area (Å²) in [5, 5.41) is 4.03. The van der Waals surface area contributed by atoms with Gasteiger partial charge in [-0.25, -0.2) is 0 Å². The molecule has 1 saturated heterocycles. The highest BCUT2D eigenvalue weighted by atomic mass is 32.2. The van der Waals surface area contributed by atoms with E-state index in [0.717, 1.165) is 39.3 Å². The minimum absolute atomic E-state index is 0.0676. The van der Waals surface area contributed by atoms with E-state index in [9.17, 15) is 4.79 Å². The maximum absolute atomic E-state index is 12.5. The molecule has 30 heavy (non-hydrogen) atoms. The van der Waals surface area contributed by atoms with E-state index in [-0.39, 0.29) is 5.91 Å². The number of nitrogens with zero attached hydrogens (tertiary/aromatic N) is 1. The number of aromatic amines is 1. The van der Waals surface area contributed by atoms with Crippen LogP contribution in [0.15, 0.2) is 58.5 Å². The van der Waals surface area contributed by atoms with E-state index in [0.29, 0.717) is 11.5 Å². The van der Waals surface area contributed by atoms with Crippen LogP contribution >= 0.6 is 11.8 Å². The van der Waals surface area contributed by atoms with E-state index in [1.165, 1.54) is 44.1 Å². The van der Waals surface area contributed by atoms with Gasteiger partial charge in [-0.2, -0.15) is 0 Å². The number of anilines is 1. The van der Waals surface area contributed by atoms with E-state index < -0.39 is 0 Å². The molecule has 0 aliphatic carbocycles. The number of benzene rings is 2. The zero-order valence-corrected chi connectivity index (χ0v) is 17.6. The largest absolute Gasteiger partial charge is 0.492 e. The molecule has 2 aliphatic heterocycles. The standard InChI is InChI=1S/C24H25N3O2S/c28-24-23(30-22-7-3-2-6-21(22)26-24)14-17-16-25-20-9-8-18(15-19(17)20)29-13-12-27-10-4-1-5-11-27/h2-3,6-9,14-16,25H,1,4-5,10-13H2,(H,26,28)/b23-14-. The van der Waals surface area contributed by atoms with Crippen molar-refractivity contribution in [2.24, 2.45) is 0 Å². The Kier molecular flexibility index (Phi) is 5.51. The Hall–Kier alpha value is -2.70. The number of thioether (sulfide) groups is 1. The van der Waals surface area contributed by atoms with Gasteiger partial charge in [0.2, 0.25) is 0 Å². The van der Waals surface area contributed by atoms with Crippen LogP contribution in [0.4, 0.5) is 5.69 Å². The van der Waals surface area contributed by atoms with E-state index in [1.807, 2.05) is 48.7 Å². The van der Waals surface area contributed by atoms with Crippen LogP contribution in [0.2, 0.25) is 0 Å². The molecule has 0 spiro atoms. The Balaban J connectivity index is 1.33. The molecule has 3 aromatic rings. The minimum Gasteiger partial charge on any atom is -0.492 e. The SMILES string of the molecule is O=C1Nc2ccccc2S/C1=C\c1c[nH]c2ccc(OCCN3CCCCC3)cc12. The minimum atomic E-state index is -0.0676. The zero-order chi connectivity index (χ0) is 20.3. The molecule has 0 saturated carbocycles. The molecule has 1 amide bonds. The van der Waals surface area contributed by atoms with Crippen LogP contribution in [0.25, 0.3) is 17.0 Å². The fraction of sp³-hybridized carbons (Fsp3) is 0.292. The van der Waals surface area contributed by atoms with Crippen molar-refractivity contribution in [2.75, 3.05) is 31.6 Å². The average Bonchev–Trinajstić information content (AvgIpc) is 3.17. The van der Waals surface area contributed by atoms with Gasteiger partial charge in [0.25, 0.3) is 5.91 Å². The molecule has 6 heteroatoms. The van der Waals surface area contributed by atoms with Crippen molar-refractivity contribution in [3.8, 4) is 5.75 Å². The van der Waals surface area contributed by atoms with Crippen molar-refractivity contribution in [1.29, 1.82) is 0 Å². The number of fused-ring (bicyclic) bond motifs is 2. The Labute approximate surface area is 180 Å². The van der Waals surface area contributed by atoms with Crippen LogP contribution in [0, 0.1) is 0 Å². The summed E-state index contributed by atoms with van der Waals surface area (Å²) in [6, 6.07) is 14.0. The second-order valence-electron chi connectivity index (χ2n) is 7.76. The van der Waals surface area contributed by atoms with Crippen LogP contribution in [0.1, 0.15) is 24.8 Å². The molecule has 0 unspecified atom stereocenters. The van der Waals surface area contributed by atoms with Crippen molar-refractivity contribution >= 4 is 40.3 Å². The van der Waals surface area contributed by atoms with E-state index in [4.69, 9.17) is 4.74 Å². The Morgan fingerprint density at radius 2 is 1.97 bits per heavy atom. The Morgan fingerprint density at radius 1 is 1.10 bits per heavy atom. The number of ether oxygens (including phenoxy) is 1. The average molecular weight is 420 g/mol. The highest BCUT2D eigenvalue weighted by molar-refractivity contribution is 8.04. The lowest BCUT2D eigenvalue weighted by atomic mass is 10.1. The molecule has 0 atom stereocenters. The van der Waals surface area contributed by atoms with E-state index in [1.54, 1.807) is 0 Å². The number of hydrogen-bond acceptors (Lipinski definition) is 4. The lowest BCUT2D eigenvalue weighted by Gasteiger charge is -2.26. The van der Waals surface area contributed by atoms with Crippen molar-refractivity contribution in [1.82, 2.24) is 9.88 Å². The maximum Gasteiger partial charge on any atom is 0.262 e. The zero-order valence-electron chi connectivity index (χ0n) is 16.8. The Morgan fingerprint density at radius 3 is 2.87 bits per heavy atom. The summed E-state index contributed by atoms with van der Waals surface area (Å²) >= 11 is 1.50. The fourth-order valence-electron chi connectivity index (χ4n) is 4.05. The molecule has 5 rings (SSSR count). The summed E-state index contributed by atoms with van der Waals surface area (Å²) in [5.41, 5.74) is 2.89. The third-order valence-electron chi connectivity index (χ3n) is 5.68. The number of H-pyrrole nitrogens is 1. The van der Waals surface area contributed by atoms with Gasteiger partial charge in [-0.05, 0) is 62.3 Å². The molecule has 2 N–H and O–H groups in total. The third kappa shape index (κ3) is 4.11. The van der Waals surface area contributed by atoms with Crippen molar-refractivity contribution in [2.45, 2.75) is 24.2 Å². The topological polar surface area (TPSA) is 57.4 Å². The highest BCUT2D eigenvalue weighted by Gasteiger charge is 2.21. The molecule has 1 fully saturated rings. The van der Waals surface area contributed by atoms with Crippen molar-refractivity contribution in [3.05, 3.63) is 59.1 Å². The van der Waals surface area contributed by atoms with Gasteiger partial charge in [-0.1, -0.05) is 30.3 Å². The number of hydrogen-bond donors (Lipinski definition) is 2. The number of carbonyl (C=O) groups excluding carboxylic acids is 1. The third-order valence-corrected chi connectivity index (χ3v) is 6.77. The summed E-state index contributed by atoms with van der Waals surface area (Å²) in [7, 11) is 0. The van der Waals surface area contributed by atoms with Gasteiger partial charge >= 0.3 is 0 Å². The van der Waals surface area contributed by atoms with Gasteiger partial charge in [-0.3, -0.25) is 9.69 Å². The molecule has 0 radical (unpaired) electrons. The van der Waals surface area contributed by atoms with Gasteiger partial charge in [0.05, 0.1) is 10.6 Å². The quantitative estimate of drug-likeness (QED) is 0.564. The number of nitrogens with one attached hydrogen (secondary N) is 2. The number of para-hydroxylation sites is 1. The van der Waals surface area contributed by atoms with Crippen LogP contribution in [0.5, 0.6) is 5.75 Å². The number of piperidine rings is 1. The van der Waals surface area contributed by atoms with Crippen LogP contribution in [0.3, 0.4) is 0 Å². The molecule has 2 aromatic carbocycles. The van der Waals surface area contributed by atoms with Crippen LogP contribution < -0.4 is 10.1 Å². The van der Waals surface area contributed by atoms with Crippen LogP contribution in [-0.2, 0) is 4.79 Å². The van der Waals surface area contributed by atoms with Crippen LogP contribution in [-0.4, -0.2) is 42.0 Å². The predicted molar refractivity (Wildman–Crippen MR) is 123 cm³/mol. The second kappa shape index (κ2) is 8.58. The van der Waals surface area contributed by atoms with E-state index in [2.05, 4.69) is 21.3 Å². The molecule has 0 bridgehead atoms. The van der Waals surface area contributed by atoms with Gasteiger partial charge in [0.1, 0.15) is 12.4 Å². The number of likely N-dealkylation sites (tertiary alicyclic amines) is 1. The number of carbonyl (C=O) groups is 1. The lowest BCUT2D eigenvalue weighted by Crippen LogP contribution is -2.33. The normalized spacial score (nSPS) is 18.4. The van der Waals surface area contributed by atoms with Crippen molar-refractivity contribution in [3.63, 3.8) is 0 Å². The second-order valence-corrected chi connectivity index (χ2v) is 8.85. The molecule has 1 aromatic heterocycles. The molecule has 154 valence electrons. The first-order chi connectivity index (χ1) is 14.8. The first-order valence-electron chi connectivity index (χ1n) is 10.5. The maximum atomic E-state index is 12.5. The Bertz CT molecular complexity index is 1100. The summed E-state index contributed by atoms with van der Waals surface area (Å²) < 4.78 is 6.04. The first-order valence-corrected chi connectivity index (χ1v) is 11.3. The number of aromatic nitrogens is 1. The van der Waals surface area contributed by atoms with Gasteiger partial charge < -0.3 is 15.0 Å². The molecule has 5 nitrogen and oxygen atoms in total. The first kappa shape index (κ1) is 19.3.